The van der Waals surface area contributed by atoms with Crippen molar-refractivity contribution in [3.8, 4) is 0 Å². The highest BCUT2D eigenvalue weighted by Crippen LogP contribution is 2.36. The SMILES string of the molecule is CNC(=O)Nc1cc(C(C)(C)C)sc1C(=O)N1CCNC(=O)CC1. The van der Waals surface area contributed by atoms with E-state index in [1.807, 2.05) is 6.07 Å². The van der Waals surface area contributed by atoms with Gasteiger partial charge in [-0.3, -0.25) is 9.59 Å². The fraction of sp³-hybridized carbons (Fsp3) is 0.562. The van der Waals surface area contributed by atoms with Gasteiger partial charge in [-0.1, -0.05) is 20.8 Å². The van der Waals surface area contributed by atoms with Crippen LogP contribution in [0.25, 0.3) is 0 Å². The van der Waals surface area contributed by atoms with E-state index in [1.165, 1.54) is 18.4 Å². The number of nitrogens with zero attached hydrogens (tertiary/aromatic N) is 1. The van der Waals surface area contributed by atoms with Crippen LogP contribution in [-0.4, -0.2) is 49.4 Å². The van der Waals surface area contributed by atoms with Gasteiger partial charge >= 0.3 is 6.03 Å². The lowest BCUT2D eigenvalue weighted by Crippen LogP contribution is -2.34. The van der Waals surface area contributed by atoms with E-state index in [-0.39, 0.29) is 23.3 Å². The van der Waals surface area contributed by atoms with Crippen molar-refractivity contribution in [2.45, 2.75) is 32.6 Å². The quantitative estimate of drug-likeness (QED) is 0.757. The van der Waals surface area contributed by atoms with Crippen LogP contribution >= 0.6 is 11.3 Å². The van der Waals surface area contributed by atoms with Crippen LogP contribution in [0.3, 0.4) is 0 Å². The molecule has 0 atom stereocenters. The summed E-state index contributed by atoms with van der Waals surface area (Å²) in [5, 5.41) is 7.98. The number of amides is 4. The Balaban J connectivity index is 2.32. The van der Waals surface area contributed by atoms with Gasteiger partial charge in [-0.05, 0) is 11.5 Å². The molecule has 2 rings (SSSR count). The second-order valence-corrected chi connectivity index (χ2v) is 7.75. The molecule has 1 aromatic rings. The van der Waals surface area contributed by atoms with Crippen LogP contribution in [0.2, 0.25) is 0 Å². The van der Waals surface area contributed by atoms with Crippen molar-refractivity contribution in [3.63, 3.8) is 0 Å². The minimum atomic E-state index is -0.366. The number of anilines is 1. The molecule has 0 saturated carbocycles. The Labute approximate surface area is 145 Å². The third kappa shape index (κ3) is 4.25. The summed E-state index contributed by atoms with van der Waals surface area (Å²) in [6.07, 6.45) is 0.293. The number of thiophene rings is 1. The van der Waals surface area contributed by atoms with E-state index in [0.29, 0.717) is 36.6 Å². The van der Waals surface area contributed by atoms with Gasteiger partial charge in [-0.2, -0.15) is 0 Å². The van der Waals surface area contributed by atoms with Crippen molar-refractivity contribution in [1.82, 2.24) is 15.5 Å². The van der Waals surface area contributed by atoms with Crippen molar-refractivity contribution in [3.05, 3.63) is 15.8 Å². The Morgan fingerprint density at radius 1 is 1.29 bits per heavy atom. The average molecular weight is 352 g/mol. The maximum absolute atomic E-state index is 12.9. The zero-order chi connectivity index (χ0) is 17.9. The first-order chi connectivity index (χ1) is 11.2. The molecule has 0 unspecified atom stereocenters. The predicted molar refractivity (Wildman–Crippen MR) is 94.6 cm³/mol. The minimum absolute atomic E-state index is 0.0458. The molecule has 1 aliphatic heterocycles. The van der Waals surface area contributed by atoms with Crippen LogP contribution in [0.5, 0.6) is 0 Å². The molecule has 0 spiro atoms. The van der Waals surface area contributed by atoms with E-state index in [1.54, 1.807) is 4.90 Å². The van der Waals surface area contributed by atoms with Gasteiger partial charge in [0.25, 0.3) is 5.91 Å². The van der Waals surface area contributed by atoms with E-state index in [0.717, 1.165) is 4.88 Å². The van der Waals surface area contributed by atoms with Gasteiger partial charge in [-0.25, -0.2) is 4.79 Å². The van der Waals surface area contributed by atoms with Gasteiger partial charge < -0.3 is 20.9 Å². The van der Waals surface area contributed by atoms with E-state index in [4.69, 9.17) is 0 Å². The third-order valence-electron chi connectivity index (χ3n) is 3.74. The lowest BCUT2D eigenvalue weighted by atomic mass is 9.94. The molecule has 24 heavy (non-hydrogen) atoms. The van der Waals surface area contributed by atoms with Crippen molar-refractivity contribution in [2.24, 2.45) is 0 Å². The van der Waals surface area contributed by atoms with Crippen LogP contribution in [0, 0.1) is 0 Å². The highest BCUT2D eigenvalue weighted by atomic mass is 32.1. The molecule has 2 heterocycles. The Morgan fingerprint density at radius 3 is 2.62 bits per heavy atom. The van der Waals surface area contributed by atoms with Crippen molar-refractivity contribution < 1.29 is 14.4 Å². The van der Waals surface area contributed by atoms with Crippen LogP contribution < -0.4 is 16.0 Å². The summed E-state index contributed by atoms with van der Waals surface area (Å²) in [6, 6.07) is 1.49. The Hall–Kier alpha value is -2.09. The summed E-state index contributed by atoms with van der Waals surface area (Å²) in [7, 11) is 1.53. The second kappa shape index (κ2) is 7.21. The van der Waals surface area contributed by atoms with Crippen LogP contribution in [0.1, 0.15) is 41.7 Å². The number of carbonyl (C=O) groups excluding carboxylic acids is 3. The van der Waals surface area contributed by atoms with Gasteiger partial charge in [0.15, 0.2) is 0 Å². The first-order valence-electron chi connectivity index (χ1n) is 7.91. The Morgan fingerprint density at radius 2 is 2.00 bits per heavy atom. The standard InChI is InChI=1S/C16H24N4O3S/c1-16(2,3)11-9-10(19-15(23)17-4)13(24-11)14(22)20-7-5-12(21)18-6-8-20/h9H,5-8H2,1-4H3,(H,18,21)(H2,17,19,23). The number of urea groups is 1. The number of hydrogen-bond acceptors (Lipinski definition) is 4. The first-order valence-corrected chi connectivity index (χ1v) is 8.73. The maximum atomic E-state index is 12.9. The smallest absolute Gasteiger partial charge is 0.319 e. The van der Waals surface area contributed by atoms with E-state index in [9.17, 15) is 14.4 Å². The monoisotopic (exact) mass is 352 g/mol. The highest BCUT2D eigenvalue weighted by molar-refractivity contribution is 7.14. The number of carbonyl (C=O) groups is 3. The fourth-order valence-electron chi connectivity index (χ4n) is 2.31. The summed E-state index contributed by atoms with van der Waals surface area (Å²) >= 11 is 1.39. The molecule has 3 N–H and O–H groups in total. The topological polar surface area (TPSA) is 90.5 Å². The molecule has 0 aliphatic carbocycles. The minimum Gasteiger partial charge on any atom is -0.354 e. The van der Waals surface area contributed by atoms with Crippen LogP contribution in [-0.2, 0) is 10.2 Å². The first kappa shape index (κ1) is 18.3. The largest absolute Gasteiger partial charge is 0.354 e. The summed E-state index contributed by atoms with van der Waals surface area (Å²) in [5.41, 5.74) is 0.385. The lowest BCUT2D eigenvalue weighted by molar-refractivity contribution is -0.120. The zero-order valence-electron chi connectivity index (χ0n) is 14.5. The van der Waals surface area contributed by atoms with Crippen molar-refractivity contribution in [1.29, 1.82) is 0 Å². The number of nitrogens with one attached hydrogen (secondary N) is 3. The van der Waals surface area contributed by atoms with Gasteiger partial charge in [0, 0.05) is 38.0 Å². The van der Waals surface area contributed by atoms with Crippen molar-refractivity contribution >= 4 is 34.9 Å². The molecule has 0 aromatic carbocycles. The van der Waals surface area contributed by atoms with Crippen molar-refractivity contribution in [2.75, 3.05) is 32.0 Å². The highest BCUT2D eigenvalue weighted by Gasteiger charge is 2.27. The van der Waals surface area contributed by atoms with E-state index >= 15 is 0 Å². The predicted octanol–water partition coefficient (Wildman–Crippen LogP) is 1.76. The normalized spacial score (nSPS) is 15.5. The fourth-order valence-corrected chi connectivity index (χ4v) is 3.45. The molecular weight excluding hydrogens is 328 g/mol. The van der Waals surface area contributed by atoms with Gasteiger partial charge in [-0.15, -0.1) is 11.3 Å². The molecule has 1 aromatic heterocycles. The van der Waals surface area contributed by atoms with Crippen LogP contribution in [0.4, 0.5) is 10.5 Å². The molecule has 0 bridgehead atoms. The third-order valence-corrected chi connectivity index (χ3v) is 5.29. The zero-order valence-corrected chi connectivity index (χ0v) is 15.3. The summed E-state index contributed by atoms with van der Waals surface area (Å²) in [5.74, 6) is -0.200. The molecule has 0 radical (unpaired) electrons. The lowest BCUT2D eigenvalue weighted by Gasteiger charge is -2.19. The van der Waals surface area contributed by atoms with Gasteiger partial charge in [0.1, 0.15) is 4.88 Å². The molecule has 1 aliphatic rings. The molecule has 4 amide bonds. The Kier molecular flexibility index (Phi) is 5.48. The molecule has 132 valence electrons. The Bertz CT molecular complexity index is 648. The summed E-state index contributed by atoms with van der Waals surface area (Å²) < 4.78 is 0. The average Bonchev–Trinajstić information content (AvgIpc) is 2.81. The molecule has 1 fully saturated rings. The van der Waals surface area contributed by atoms with E-state index in [2.05, 4.69) is 36.7 Å². The number of hydrogen-bond donors (Lipinski definition) is 3. The molecule has 7 nitrogen and oxygen atoms in total. The summed E-state index contributed by atoms with van der Waals surface area (Å²) in [6.45, 7) is 7.47. The van der Waals surface area contributed by atoms with Crippen LogP contribution in [0.15, 0.2) is 6.07 Å². The maximum Gasteiger partial charge on any atom is 0.319 e. The molecule has 1 saturated heterocycles. The number of rotatable bonds is 2. The van der Waals surface area contributed by atoms with Gasteiger partial charge in [0.05, 0.1) is 5.69 Å². The van der Waals surface area contributed by atoms with Gasteiger partial charge in [0.2, 0.25) is 5.91 Å². The second-order valence-electron chi connectivity index (χ2n) is 6.70. The summed E-state index contributed by atoms with van der Waals surface area (Å²) in [4.78, 5) is 39.2. The van der Waals surface area contributed by atoms with E-state index < -0.39 is 0 Å². The molecule has 8 heteroatoms. The molecular formula is C16H24N4O3S.